The largest absolute Gasteiger partial charge is 0.490 e. The van der Waals surface area contributed by atoms with Crippen molar-refractivity contribution in [3.8, 4) is 5.75 Å². The molecule has 126 valence electrons. The van der Waals surface area contributed by atoms with Gasteiger partial charge in [0, 0.05) is 6.42 Å². The normalized spacial score (nSPS) is 11.1. The first-order chi connectivity index (χ1) is 11.2. The third-order valence-corrected chi connectivity index (χ3v) is 3.99. The molecule has 0 bridgehead atoms. The first-order valence-corrected chi connectivity index (χ1v) is 8.55. The minimum atomic E-state index is -0.637. The number of fused-ring (bicyclic) bond motifs is 1. The van der Waals surface area contributed by atoms with Crippen LogP contribution in [0.3, 0.4) is 0 Å². The number of hydrogen-bond acceptors (Lipinski definition) is 3. The van der Waals surface area contributed by atoms with Crippen LogP contribution in [-0.4, -0.2) is 6.61 Å². The summed E-state index contributed by atoms with van der Waals surface area (Å²) in [6.07, 6.45) is 7.48. The van der Waals surface area contributed by atoms with E-state index in [1.807, 2.05) is 6.92 Å². The third kappa shape index (κ3) is 4.57. The van der Waals surface area contributed by atoms with E-state index in [1.165, 1.54) is 25.7 Å². The van der Waals surface area contributed by atoms with Crippen LogP contribution in [0, 0.1) is 5.82 Å². The Labute approximate surface area is 136 Å². The molecule has 3 nitrogen and oxygen atoms in total. The highest BCUT2D eigenvalue weighted by Crippen LogP contribution is 2.25. The van der Waals surface area contributed by atoms with Crippen LogP contribution < -0.4 is 10.4 Å². The van der Waals surface area contributed by atoms with Crippen molar-refractivity contribution in [1.82, 2.24) is 0 Å². The van der Waals surface area contributed by atoms with E-state index in [0.29, 0.717) is 24.2 Å². The lowest BCUT2D eigenvalue weighted by Crippen LogP contribution is -2.06. The predicted molar refractivity (Wildman–Crippen MR) is 90.7 cm³/mol. The molecule has 1 aromatic carbocycles. The number of aryl methyl sites for hydroxylation is 1. The topological polar surface area (TPSA) is 39.4 Å². The lowest BCUT2D eigenvalue weighted by Gasteiger charge is -2.09. The zero-order valence-electron chi connectivity index (χ0n) is 14.0. The molecule has 0 aliphatic rings. The molecule has 0 atom stereocenters. The Hall–Kier alpha value is -1.84. The summed E-state index contributed by atoms with van der Waals surface area (Å²) in [6, 6.07) is 5.01. The van der Waals surface area contributed by atoms with Crippen molar-refractivity contribution in [3.05, 3.63) is 40.2 Å². The number of hydrogen-bond donors (Lipinski definition) is 0. The molecule has 23 heavy (non-hydrogen) atoms. The van der Waals surface area contributed by atoms with Crippen LogP contribution >= 0.6 is 0 Å². The highest BCUT2D eigenvalue weighted by Gasteiger charge is 2.14. The van der Waals surface area contributed by atoms with Crippen molar-refractivity contribution in [1.29, 1.82) is 0 Å². The highest BCUT2D eigenvalue weighted by molar-refractivity contribution is 5.83. The molecular formula is C19H25FO3. The van der Waals surface area contributed by atoms with Gasteiger partial charge in [0.15, 0.2) is 11.6 Å². The summed E-state index contributed by atoms with van der Waals surface area (Å²) in [5.41, 5.74) is -0.637. The summed E-state index contributed by atoms with van der Waals surface area (Å²) in [5, 5.41) is 0.533. The van der Waals surface area contributed by atoms with Gasteiger partial charge in [-0.05, 0) is 23.9 Å². The van der Waals surface area contributed by atoms with E-state index in [0.717, 1.165) is 12.8 Å². The van der Waals surface area contributed by atoms with Gasteiger partial charge in [-0.15, -0.1) is 0 Å². The van der Waals surface area contributed by atoms with Gasteiger partial charge >= 0.3 is 5.63 Å². The summed E-state index contributed by atoms with van der Waals surface area (Å²) in [6.45, 7) is 4.54. The minimum absolute atomic E-state index is 0.0253. The molecule has 1 heterocycles. The molecule has 0 spiro atoms. The molecular weight excluding hydrogens is 295 g/mol. The number of ether oxygens (including phenoxy) is 1. The zero-order valence-corrected chi connectivity index (χ0v) is 14.0. The fourth-order valence-corrected chi connectivity index (χ4v) is 2.62. The minimum Gasteiger partial charge on any atom is -0.490 e. The molecule has 0 aliphatic carbocycles. The van der Waals surface area contributed by atoms with Gasteiger partial charge in [0.1, 0.15) is 11.1 Å². The van der Waals surface area contributed by atoms with E-state index in [2.05, 4.69) is 6.92 Å². The van der Waals surface area contributed by atoms with Gasteiger partial charge in [0.2, 0.25) is 0 Å². The average molecular weight is 320 g/mol. The Morgan fingerprint density at radius 3 is 2.57 bits per heavy atom. The maximum Gasteiger partial charge on any atom is 0.346 e. The maximum atomic E-state index is 14.5. The third-order valence-electron chi connectivity index (χ3n) is 3.99. The van der Waals surface area contributed by atoms with Crippen LogP contribution in [0.5, 0.6) is 5.75 Å². The quantitative estimate of drug-likeness (QED) is 0.594. The number of rotatable bonds is 9. The fourth-order valence-electron chi connectivity index (χ4n) is 2.62. The van der Waals surface area contributed by atoms with Gasteiger partial charge in [-0.2, -0.15) is 0 Å². The van der Waals surface area contributed by atoms with Gasteiger partial charge in [0.25, 0.3) is 0 Å². The first-order valence-electron chi connectivity index (χ1n) is 8.55. The Balaban J connectivity index is 2.01. The standard InChI is InChI=1S/C19H25FO3/c1-3-5-6-7-8-9-12-22-16-11-10-14-13-15(4-2)23-19(21)17(14)18(16)20/h10-11,13H,3-9,12H2,1-2H3. The Morgan fingerprint density at radius 1 is 1.09 bits per heavy atom. The maximum absolute atomic E-state index is 14.5. The summed E-state index contributed by atoms with van der Waals surface area (Å²) in [5.74, 6) is 0.0649. The molecule has 4 heteroatoms. The molecule has 1 aromatic heterocycles. The summed E-state index contributed by atoms with van der Waals surface area (Å²) >= 11 is 0. The number of unbranched alkanes of at least 4 members (excludes halogenated alkanes) is 5. The summed E-state index contributed by atoms with van der Waals surface area (Å²) in [4.78, 5) is 11.9. The lowest BCUT2D eigenvalue weighted by molar-refractivity contribution is 0.291. The van der Waals surface area contributed by atoms with Gasteiger partial charge in [-0.3, -0.25) is 0 Å². The molecule has 0 amide bonds. The Kier molecular flexibility index (Phi) is 6.63. The first kappa shape index (κ1) is 17.5. The second kappa shape index (κ2) is 8.70. The van der Waals surface area contributed by atoms with E-state index in [4.69, 9.17) is 9.15 Å². The molecule has 0 saturated heterocycles. The predicted octanol–water partition coefficient (Wildman–Crippen LogP) is 5.23. The molecule has 0 radical (unpaired) electrons. The van der Waals surface area contributed by atoms with E-state index in [-0.39, 0.29) is 11.1 Å². The van der Waals surface area contributed by atoms with Crippen LogP contribution in [0.2, 0.25) is 0 Å². The van der Waals surface area contributed by atoms with Gasteiger partial charge in [0.05, 0.1) is 6.61 Å². The van der Waals surface area contributed by atoms with Crippen LogP contribution in [0.15, 0.2) is 27.4 Å². The molecule has 0 fully saturated rings. The van der Waals surface area contributed by atoms with Crippen molar-refractivity contribution in [2.24, 2.45) is 0 Å². The fraction of sp³-hybridized carbons (Fsp3) is 0.526. The van der Waals surface area contributed by atoms with Crippen molar-refractivity contribution in [2.45, 2.75) is 58.8 Å². The molecule has 0 aliphatic heterocycles. The number of halogens is 1. The average Bonchev–Trinajstić information content (AvgIpc) is 2.55. The van der Waals surface area contributed by atoms with E-state index >= 15 is 0 Å². The van der Waals surface area contributed by atoms with Crippen LogP contribution in [0.4, 0.5) is 4.39 Å². The van der Waals surface area contributed by atoms with Gasteiger partial charge in [-0.25, -0.2) is 9.18 Å². The monoisotopic (exact) mass is 320 g/mol. The van der Waals surface area contributed by atoms with Crippen molar-refractivity contribution in [2.75, 3.05) is 6.61 Å². The van der Waals surface area contributed by atoms with E-state index in [1.54, 1.807) is 18.2 Å². The molecule has 0 unspecified atom stereocenters. The van der Waals surface area contributed by atoms with Gasteiger partial charge in [-0.1, -0.05) is 52.0 Å². The van der Waals surface area contributed by atoms with Crippen molar-refractivity contribution in [3.63, 3.8) is 0 Å². The Bertz CT molecular complexity index is 691. The second-order valence-electron chi connectivity index (χ2n) is 5.81. The van der Waals surface area contributed by atoms with E-state index in [9.17, 15) is 9.18 Å². The Morgan fingerprint density at radius 2 is 1.83 bits per heavy atom. The lowest BCUT2D eigenvalue weighted by atomic mass is 10.1. The highest BCUT2D eigenvalue weighted by atomic mass is 19.1. The summed E-state index contributed by atoms with van der Waals surface area (Å²) < 4.78 is 25.1. The van der Waals surface area contributed by atoms with Crippen LogP contribution in [-0.2, 0) is 6.42 Å². The van der Waals surface area contributed by atoms with Gasteiger partial charge < -0.3 is 9.15 Å². The van der Waals surface area contributed by atoms with Crippen LogP contribution in [0.1, 0.15) is 58.1 Å². The van der Waals surface area contributed by atoms with Crippen LogP contribution in [0.25, 0.3) is 10.8 Å². The molecule has 0 N–H and O–H groups in total. The van der Waals surface area contributed by atoms with Crippen molar-refractivity contribution < 1.29 is 13.5 Å². The zero-order chi connectivity index (χ0) is 16.7. The molecule has 2 aromatic rings. The van der Waals surface area contributed by atoms with Crippen molar-refractivity contribution >= 4 is 10.8 Å². The van der Waals surface area contributed by atoms with E-state index < -0.39 is 11.4 Å². The SMILES string of the molecule is CCCCCCCCOc1ccc2cc(CC)oc(=O)c2c1F. The smallest absolute Gasteiger partial charge is 0.346 e. The molecule has 2 rings (SSSR count). The molecule has 0 saturated carbocycles. The summed E-state index contributed by atoms with van der Waals surface area (Å²) in [7, 11) is 0. The second-order valence-corrected chi connectivity index (χ2v) is 5.81. The number of benzene rings is 1.